The molecule has 3 rings (SSSR count). The first-order valence-corrected chi connectivity index (χ1v) is 13.4. The smallest absolute Gasteiger partial charge is 0.249 e. The Morgan fingerprint density at radius 1 is 1.02 bits per heavy atom. The van der Waals surface area contributed by atoms with Gasteiger partial charge < -0.3 is 35.6 Å². The van der Waals surface area contributed by atoms with E-state index in [1.165, 1.54) is 13.0 Å². The molecule has 0 bridgehead atoms. The fraction of sp³-hybridized carbons (Fsp3) is 0.444. The van der Waals surface area contributed by atoms with Crippen molar-refractivity contribution in [3.8, 4) is 0 Å². The summed E-state index contributed by atoms with van der Waals surface area (Å²) in [6.07, 6.45) is 0.804. The van der Waals surface area contributed by atoms with E-state index in [0.29, 0.717) is 18.1 Å². The van der Waals surface area contributed by atoms with Gasteiger partial charge in [-0.25, -0.2) is 0 Å². The normalized spacial score (nSPS) is 21.9. The number of hydrogen-bond acceptors (Lipinski definition) is 9. The number of morpholine rings is 1. The van der Waals surface area contributed by atoms with Crippen LogP contribution in [0.25, 0.3) is 0 Å². The van der Waals surface area contributed by atoms with Crippen LogP contribution in [0.15, 0.2) is 58.0 Å². The largest absolute Gasteiger partial charge is 0.392 e. The maximum Gasteiger partial charge on any atom is 0.249 e. The zero-order valence-electron chi connectivity index (χ0n) is 24.2. The average Bonchev–Trinajstić information content (AvgIpc) is 3.03. The summed E-state index contributed by atoms with van der Waals surface area (Å²) >= 11 is 0. The van der Waals surface area contributed by atoms with Gasteiger partial charge in [0.05, 0.1) is 13.2 Å². The number of allylic oxidation sites excluding steroid dienone is 3. The second-order valence-corrected chi connectivity index (χ2v) is 10.4. The topological polar surface area (TPSA) is 152 Å². The molecular formula is C27H31B5N4O7. The molecule has 16 heteroatoms. The minimum atomic E-state index is -3.77. The fourth-order valence-corrected chi connectivity index (χ4v) is 4.70. The van der Waals surface area contributed by atoms with Crippen molar-refractivity contribution in [3.05, 3.63) is 69.2 Å². The van der Waals surface area contributed by atoms with Crippen LogP contribution >= 0.6 is 0 Å². The number of carbonyl (C=O) groups is 3. The molecule has 2 heterocycles. The molecule has 2 aliphatic heterocycles. The Morgan fingerprint density at radius 3 is 2.16 bits per heavy atom. The van der Waals surface area contributed by atoms with Gasteiger partial charge >= 0.3 is 0 Å². The number of amides is 2. The Hall–Kier alpha value is -3.03. The Labute approximate surface area is 257 Å². The molecule has 0 spiro atoms. The van der Waals surface area contributed by atoms with Gasteiger partial charge in [-0.3, -0.25) is 19.3 Å². The molecule has 1 fully saturated rings. The lowest BCUT2D eigenvalue weighted by Gasteiger charge is -2.52. The Balaban J connectivity index is 1.98. The Bertz CT molecular complexity index is 1330. The highest BCUT2D eigenvalue weighted by molar-refractivity contribution is 6.43. The lowest BCUT2D eigenvalue weighted by molar-refractivity contribution is -0.241. The van der Waals surface area contributed by atoms with Crippen molar-refractivity contribution in [1.29, 1.82) is 0 Å². The summed E-state index contributed by atoms with van der Waals surface area (Å²) in [5.74, 6) is -6.18. The summed E-state index contributed by atoms with van der Waals surface area (Å²) in [5.41, 5.74) is -5.32. The SMILES string of the molecule is [B]C1=C([B])/C([B])=C(\C)C(=O)N(C([B])(C(=O)NC)C([B])(O)C(O)(O)C=O)CC=C1NCc1ccc(CN2CCOCC2)cc1. The van der Waals surface area contributed by atoms with E-state index in [1.807, 2.05) is 24.3 Å². The van der Waals surface area contributed by atoms with E-state index in [4.69, 9.17) is 44.0 Å². The first-order valence-electron chi connectivity index (χ1n) is 13.4. The maximum absolute atomic E-state index is 13.6. The summed E-state index contributed by atoms with van der Waals surface area (Å²) in [6, 6.07) is 7.86. The van der Waals surface area contributed by atoms with E-state index in [2.05, 4.69) is 15.5 Å². The van der Waals surface area contributed by atoms with Crippen LogP contribution in [0.2, 0.25) is 0 Å². The lowest BCUT2D eigenvalue weighted by atomic mass is 9.51. The van der Waals surface area contributed by atoms with Gasteiger partial charge in [0.1, 0.15) is 50.2 Å². The highest BCUT2D eigenvalue weighted by Crippen LogP contribution is 2.34. The van der Waals surface area contributed by atoms with Crippen molar-refractivity contribution in [3.63, 3.8) is 0 Å². The molecule has 2 amide bonds. The Kier molecular flexibility index (Phi) is 11.0. The molecule has 43 heavy (non-hydrogen) atoms. The number of aliphatic hydroxyl groups is 3. The van der Waals surface area contributed by atoms with Crippen LogP contribution < -0.4 is 10.6 Å². The van der Waals surface area contributed by atoms with E-state index < -0.39 is 41.4 Å². The van der Waals surface area contributed by atoms with Crippen molar-refractivity contribution in [2.45, 2.75) is 36.7 Å². The molecule has 1 aromatic rings. The first-order chi connectivity index (χ1) is 20.1. The van der Waals surface area contributed by atoms with Gasteiger partial charge in [0.25, 0.3) is 0 Å². The van der Waals surface area contributed by atoms with Crippen LogP contribution in [0, 0.1) is 0 Å². The van der Waals surface area contributed by atoms with E-state index >= 15 is 0 Å². The summed E-state index contributed by atoms with van der Waals surface area (Å²) in [5, 5.41) is 36.6. The van der Waals surface area contributed by atoms with Crippen molar-refractivity contribution in [2.24, 2.45) is 0 Å². The third kappa shape index (κ3) is 6.88. The second-order valence-electron chi connectivity index (χ2n) is 10.4. The molecule has 0 saturated carbocycles. The Morgan fingerprint density at radius 2 is 1.60 bits per heavy atom. The minimum absolute atomic E-state index is 0.0347. The predicted molar refractivity (Wildman–Crippen MR) is 163 cm³/mol. The van der Waals surface area contributed by atoms with Crippen LogP contribution in [0.4, 0.5) is 0 Å². The quantitative estimate of drug-likeness (QED) is 0.109. The molecule has 1 saturated heterocycles. The highest BCUT2D eigenvalue weighted by atomic mass is 16.5. The summed E-state index contributed by atoms with van der Waals surface area (Å²) in [7, 11) is 31.8. The number of benzene rings is 1. The standard InChI is InChI=1S/C27H31B5N4O7/c1-16-20(28)22(30)21(29)19(34-13-17-3-5-18(6-4-17)14-35-9-11-43-12-10-35)7-8-36(23(16)38)26(31,24(39)33-2)27(32,42)25(40,41)15-37/h3-7,15,34,40-42H,8-14H2,1-2H3,(H,33,39)/b19-7?,20-16-,22-21?. The molecular weight excluding hydrogens is 546 g/mol. The molecule has 1 aromatic carbocycles. The van der Waals surface area contributed by atoms with Crippen molar-refractivity contribution < 1.29 is 34.4 Å². The number of nitrogens with one attached hydrogen (secondary N) is 2. The van der Waals surface area contributed by atoms with E-state index in [9.17, 15) is 29.7 Å². The van der Waals surface area contributed by atoms with Gasteiger partial charge in [0.15, 0.2) is 6.29 Å². The van der Waals surface area contributed by atoms with Gasteiger partial charge in [0, 0.05) is 51.0 Å². The van der Waals surface area contributed by atoms with Gasteiger partial charge in [-0.1, -0.05) is 35.2 Å². The zero-order valence-corrected chi connectivity index (χ0v) is 24.2. The third-order valence-electron chi connectivity index (χ3n) is 7.64. The maximum atomic E-state index is 13.6. The van der Waals surface area contributed by atoms with Gasteiger partial charge in [-0.05, 0) is 24.1 Å². The molecule has 0 aliphatic carbocycles. The third-order valence-corrected chi connectivity index (χ3v) is 7.64. The average molecular weight is 578 g/mol. The number of likely N-dealkylation sites (N-methyl/N-ethyl adjacent to an activating group) is 1. The summed E-state index contributed by atoms with van der Waals surface area (Å²) in [6.45, 7) is 4.83. The molecule has 216 valence electrons. The second kappa shape index (κ2) is 13.7. The van der Waals surface area contributed by atoms with Crippen LogP contribution in [0.5, 0.6) is 0 Å². The number of ether oxygens (including phenoxy) is 1. The zero-order chi connectivity index (χ0) is 32.2. The summed E-state index contributed by atoms with van der Waals surface area (Å²) in [4.78, 5) is 41.0. The number of nitrogens with zero attached hydrogens (tertiary/aromatic N) is 2. The highest BCUT2D eigenvalue weighted by Gasteiger charge is 2.62. The number of carbonyl (C=O) groups excluding carboxylic acids is 3. The molecule has 2 atom stereocenters. The minimum Gasteiger partial charge on any atom is -0.392 e. The van der Waals surface area contributed by atoms with Crippen LogP contribution in [0.1, 0.15) is 18.1 Å². The summed E-state index contributed by atoms with van der Waals surface area (Å²) < 4.78 is 5.39. The fourth-order valence-electron chi connectivity index (χ4n) is 4.70. The number of hydrogen-bond donors (Lipinski definition) is 5. The molecule has 11 nitrogen and oxygen atoms in total. The molecule has 2 unspecified atom stereocenters. The van der Waals surface area contributed by atoms with Gasteiger partial charge in [0.2, 0.25) is 17.6 Å². The molecule has 0 aromatic heterocycles. The molecule has 10 radical (unpaired) electrons. The van der Waals surface area contributed by atoms with Crippen molar-refractivity contribution in [1.82, 2.24) is 20.4 Å². The van der Waals surface area contributed by atoms with Crippen LogP contribution in [0.3, 0.4) is 0 Å². The van der Waals surface area contributed by atoms with Crippen molar-refractivity contribution in [2.75, 3.05) is 39.9 Å². The van der Waals surface area contributed by atoms with E-state index in [1.54, 1.807) is 0 Å². The lowest BCUT2D eigenvalue weighted by Crippen LogP contribution is -2.80. The monoisotopic (exact) mass is 578 g/mol. The van der Waals surface area contributed by atoms with Gasteiger partial charge in [-0.15, -0.1) is 5.47 Å². The number of rotatable bonds is 10. The van der Waals surface area contributed by atoms with E-state index in [0.717, 1.165) is 37.8 Å². The molecule has 5 N–H and O–H groups in total. The van der Waals surface area contributed by atoms with Gasteiger partial charge in [-0.2, -0.15) is 0 Å². The number of aldehydes is 1. The van der Waals surface area contributed by atoms with Crippen molar-refractivity contribution >= 4 is 57.3 Å². The molecule has 2 aliphatic rings. The predicted octanol–water partition coefficient (Wildman–Crippen LogP) is -3.33. The first kappa shape index (κ1) is 34.5. The van der Waals surface area contributed by atoms with Crippen LogP contribution in [-0.4, -0.2) is 139 Å². The van der Waals surface area contributed by atoms with Crippen LogP contribution in [-0.2, 0) is 32.2 Å². The van der Waals surface area contributed by atoms with E-state index in [-0.39, 0.29) is 34.2 Å².